The quantitative estimate of drug-likeness (QED) is 0.764. The van der Waals surface area contributed by atoms with Gasteiger partial charge in [0.05, 0.1) is 4.90 Å². The first-order chi connectivity index (χ1) is 9.79. The fourth-order valence-electron chi connectivity index (χ4n) is 1.52. The third kappa shape index (κ3) is 3.38. The van der Waals surface area contributed by atoms with Crippen molar-refractivity contribution < 1.29 is 23.1 Å². The minimum Gasteiger partial charge on any atom is -0.477 e. The van der Waals surface area contributed by atoms with Gasteiger partial charge in [0.15, 0.2) is 0 Å². The Morgan fingerprint density at radius 3 is 2.52 bits per heavy atom. The van der Waals surface area contributed by atoms with Gasteiger partial charge >= 0.3 is 5.97 Å². The van der Waals surface area contributed by atoms with Crippen molar-refractivity contribution in [3.05, 3.63) is 46.2 Å². The van der Waals surface area contributed by atoms with Gasteiger partial charge in [-0.1, -0.05) is 6.07 Å². The molecule has 0 saturated heterocycles. The molecule has 0 radical (unpaired) electrons. The number of nitrogens with one attached hydrogen (secondary N) is 1. The number of hydrogen-bond acceptors (Lipinski definition) is 5. The summed E-state index contributed by atoms with van der Waals surface area (Å²) in [5.41, 5.74) is 5.43. The van der Waals surface area contributed by atoms with Crippen LogP contribution in [0.5, 0.6) is 0 Å². The molecule has 0 aliphatic heterocycles. The topological polar surface area (TPSA) is 127 Å². The molecule has 1 amide bonds. The minimum atomic E-state index is -3.92. The van der Waals surface area contributed by atoms with Crippen LogP contribution in [0.25, 0.3) is 0 Å². The Bertz CT molecular complexity index is 811. The Kier molecular flexibility index (Phi) is 3.96. The predicted octanol–water partition coefficient (Wildman–Crippen LogP) is 1.35. The average molecular weight is 326 g/mol. The van der Waals surface area contributed by atoms with Crippen LogP contribution in [0.1, 0.15) is 20.0 Å². The molecule has 0 atom stereocenters. The van der Waals surface area contributed by atoms with E-state index in [2.05, 4.69) is 4.72 Å². The molecule has 0 fully saturated rings. The first-order valence-electron chi connectivity index (χ1n) is 5.54. The number of amides is 1. The molecule has 2 rings (SSSR count). The Labute approximate surface area is 124 Å². The largest absolute Gasteiger partial charge is 0.477 e. The molecule has 110 valence electrons. The molecule has 0 aliphatic rings. The van der Waals surface area contributed by atoms with Gasteiger partial charge in [0.1, 0.15) is 4.88 Å². The molecule has 0 unspecified atom stereocenters. The van der Waals surface area contributed by atoms with E-state index in [1.807, 2.05) is 0 Å². The molecule has 9 heteroatoms. The van der Waals surface area contributed by atoms with Crippen LogP contribution in [-0.2, 0) is 10.0 Å². The zero-order chi connectivity index (χ0) is 15.6. The second kappa shape index (κ2) is 5.54. The molecule has 0 aliphatic carbocycles. The number of thiophene rings is 1. The summed E-state index contributed by atoms with van der Waals surface area (Å²) in [5.74, 6) is -1.88. The van der Waals surface area contributed by atoms with Crippen molar-refractivity contribution in [3.63, 3.8) is 0 Å². The molecule has 0 bridgehead atoms. The number of sulfonamides is 1. The normalized spacial score (nSPS) is 11.0. The van der Waals surface area contributed by atoms with E-state index < -0.39 is 21.9 Å². The smallest absolute Gasteiger partial charge is 0.345 e. The molecule has 4 N–H and O–H groups in total. The SMILES string of the molecule is NC(=O)c1cccc(NS(=O)(=O)c2csc(C(=O)O)c2)c1. The number of aromatic carboxylic acids is 1. The van der Waals surface area contributed by atoms with Gasteiger partial charge in [0, 0.05) is 16.6 Å². The highest BCUT2D eigenvalue weighted by atomic mass is 32.2. The summed E-state index contributed by atoms with van der Waals surface area (Å²) in [6.07, 6.45) is 0. The van der Waals surface area contributed by atoms with Crippen LogP contribution in [0, 0.1) is 0 Å². The van der Waals surface area contributed by atoms with Crippen molar-refractivity contribution in [3.8, 4) is 0 Å². The zero-order valence-corrected chi connectivity index (χ0v) is 12.1. The lowest BCUT2D eigenvalue weighted by Crippen LogP contribution is -2.14. The van der Waals surface area contributed by atoms with Crippen molar-refractivity contribution in [2.75, 3.05) is 4.72 Å². The summed E-state index contributed by atoms with van der Waals surface area (Å²) in [4.78, 5) is 21.6. The average Bonchev–Trinajstić information content (AvgIpc) is 2.89. The number of rotatable bonds is 5. The molecular formula is C12H10N2O5S2. The van der Waals surface area contributed by atoms with Gasteiger partial charge in [-0.25, -0.2) is 13.2 Å². The van der Waals surface area contributed by atoms with Crippen LogP contribution in [0.3, 0.4) is 0 Å². The van der Waals surface area contributed by atoms with E-state index in [0.29, 0.717) is 0 Å². The number of carbonyl (C=O) groups is 2. The van der Waals surface area contributed by atoms with Gasteiger partial charge in [-0.3, -0.25) is 9.52 Å². The lowest BCUT2D eigenvalue weighted by Gasteiger charge is -2.07. The van der Waals surface area contributed by atoms with Crippen LogP contribution in [0.2, 0.25) is 0 Å². The van der Waals surface area contributed by atoms with Gasteiger partial charge < -0.3 is 10.8 Å². The highest BCUT2D eigenvalue weighted by molar-refractivity contribution is 7.92. The molecule has 1 aromatic carbocycles. The van der Waals surface area contributed by atoms with E-state index in [-0.39, 0.29) is 21.0 Å². The van der Waals surface area contributed by atoms with E-state index in [1.165, 1.54) is 29.6 Å². The summed E-state index contributed by atoms with van der Waals surface area (Å²) in [6, 6.07) is 6.74. The molecule has 0 spiro atoms. The first kappa shape index (κ1) is 15.0. The van der Waals surface area contributed by atoms with E-state index in [4.69, 9.17) is 10.8 Å². The molecular weight excluding hydrogens is 316 g/mol. The second-order valence-electron chi connectivity index (χ2n) is 4.00. The van der Waals surface area contributed by atoms with Crippen molar-refractivity contribution in [2.24, 2.45) is 5.73 Å². The minimum absolute atomic E-state index is 0.0822. The third-order valence-corrected chi connectivity index (χ3v) is 4.92. The number of anilines is 1. The number of carbonyl (C=O) groups excluding carboxylic acids is 1. The van der Waals surface area contributed by atoms with E-state index >= 15 is 0 Å². The summed E-state index contributed by atoms with van der Waals surface area (Å²) in [7, 11) is -3.92. The van der Waals surface area contributed by atoms with E-state index in [1.54, 1.807) is 0 Å². The number of benzene rings is 1. The molecule has 0 saturated carbocycles. The van der Waals surface area contributed by atoms with Gasteiger partial charge in [-0.2, -0.15) is 0 Å². The Hall–Kier alpha value is -2.39. The second-order valence-corrected chi connectivity index (χ2v) is 6.60. The molecule has 2 aromatic rings. The highest BCUT2D eigenvalue weighted by Gasteiger charge is 2.19. The number of carboxylic acid groups (broad SMARTS) is 1. The summed E-state index contributed by atoms with van der Waals surface area (Å²) in [5, 5.41) is 10.0. The predicted molar refractivity (Wildman–Crippen MR) is 77.0 cm³/mol. The lowest BCUT2D eigenvalue weighted by molar-refractivity contribution is 0.0701. The Morgan fingerprint density at radius 2 is 1.95 bits per heavy atom. The van der Waals surface area contributed by atoms with E-state index in [9.17, 15) is 18.0 Å². The number of nitrogens with two attached hydrogens (primary N) is 1. The van der Waals surface area contributed by atoms with Gasteiger partial charge in [-0.15, -0.1) is 11.3 Å². The van der Waals surface area contributed by atoms with Crippen molar-refractivity contribution in [1.29, 1.82) is 0 Å². The van der Waals surface area contributed by atoms with Crippen molar-refractivity contribution in [1.82, 2.24) is 0 Å². The number of carboxylic acids is 1. The van der Waals surface area contributed by atoms with Crippen molar-refractivity contribution in [2.45, 2.75) is 4.90 Å². The fraction of sp³-hybridized carbons (Fsp3) is 0. The van der Waals surface area contributed by atoms with Gasteiger partial charge in [0.2, 0.25) is 5.91 Å². The first-order valence-corrected chi connectivity index (χ1v) is 7.90. The highest BCUT2D eigenvalue weighted by Crippen LogP contribution is 2.22. The maximum absolute atomic E-state index is 12.1. The monoisotopic (exact) mass is 326 g/mol. The Balaban J connectivity index is 2.30. The van der Waals surface area contributed by atoms with Gasteiger partial charge in [0.25, 0.3) is 10.0 Å². The summed E-state index contributed by atoms with van der Waals surface area (Å²) >= 11 is 0.810. The maximum atomic E-state index is 12.1. The van der Waals surface area contributed by atoms with Crippen LogP contribution < -0.4 is 10.5 Å². The van der Waals surface area contributed by atoms with Crippen LogP contribution in [-0.4, -0.2) is 25.4 Å². The van der Waals surface area contributed by atoms with Crippen LogP contribution in [0.15, 0.2) is 40.6 Å². The Morgan fingerprint density at radius 1 is 1.24 bits per heavy atom. The number of primary amides is 1. The molecule has 7 nitrogen and oxygen atoms in total. The third-order valence-electron chi connectivity index (χ3n) is 2.50. The molecule has 1 heterocycles. The van der Waals surface area contributed by atoms with Crippen LogP contribution in [0.4, 0.5) is 5.69 Å². The fourth-order valence-corrected chi connectivity index (χ4v) is 3.68. The summed E-state index contributed by atoms with van der Waals surface area (Å²) < 4.78 is 26.5. The number of hydrogen-bond donors (Lipinski definition) is 3. The van der Waals surface area contributed by atoms with E-state index in [0.717, 1.165) is 17.4 Å². The van der Waals surface area contributed by atoms with Crippen molar-refractivity contribution >= 4 is 38.9 Å². The lowest BCUT2D eigenvalue weighted by atomic mass is 10.2. The molecule has 1 aromatic heterocycles. The standard InChI is InChI=1S/C12H10N2O5S2/c13-11(15)7-2-1-3-8(4-7)14-21(18,19)9-5-10(12(16)17)20-6-9/h1-6,14H,(H2,13,15)(H,16,17). The van der Waals surface area contributed by atoms with Gasteiger partial charge in [-0.05, 0) is 24.3 Å². The summed E-state index contributed by atoms with van der Waals surface area (Å²) in [6.45, 7) is 0. The molecule has 21 heavy (non-hydrogen) atoms. The maximum Gasteiger partial charge on any atom is 0.345 e. The van der Waals surface area contributed by atoms with Crippen LogP contribution >= 0.6 is 11.3 Å². The zero-order valence-electron chi connectivity index (χ0n) is 10.4.